The van der Waals surface area contributed by atoms with E-state index in [1.807, 2.05) is 18.2 Å². The minimum atomic E-state index is -2.93. The summed E-state index contributed by atoms with van der Waals surface area (Å²) in [5.74, 6) is 0.919. The van der Waals surface area contributed by atoms with Crippen molar-refractivity contribution >= 4 is 39.8 Å². The molecular formula is C17H30IN3O2S. The van der Waals surface area contributed by atoms with Gasteiger partial charge in [0.2, 0.25) is 0 Å². The van der Waals surface area contributed by atoms with Crippen LogP contribution >= 0.6 is 24.0 Å². The van der Waals surface area contributed by atoms with Gasteiger partial charge in [0.1, 0.15) is 9.84 Å². The highest BCUT2D eigenvalue weighted by Gasteiger charge is 2.21. The van der Waals surface area contributed by atoms with Crippen molar-refractivity contribution in [2.45, 2.75) is 33.2 Å². The summed E-state index contributed by atoms with van der Waals surface area (Å²) in [5.41, 5.74) is 1.06. The van der Waals surface area contributed by atoms with Gasteiger partial charge in [-0.2, -0.15) is 0 Å². The SMILES string of the molecule is CN=C(NCC(C)(C)CCS(C)(=O)=O)NC(C)c1ccccc1.I. The van der Waals surface area contributed by atoms with E-state index in [4.69, 9.17) is 0 Å². The van der Waals surface area contributed by atoms with Crippen molar-refractivity contribution < 1.29 is 8.42 Å². The molecule has 1 unspecified atom stereocenters. The molecule has 0 fully saturated rings. The molecule has 0 saturated carbocycles. The highest BCUT2D eigenvalue weighted by Crippen LogP contribution is 2.20. The zero-order valence-corrected chi connectivity index (χ0v) is 18.3. The minimum Gasteiger partial charge on any atom is -0.356 e. The number of nitrogens with one attached hydrogen (secondary N) is 2. The Labute approximate surface area is 163 Å². The molecule has 0 spiro atoms. The molecule has 2 N–H and O–H groups in total. The molecule has 0 radical (unpaired) electrons. The van der Waals surface area contributed by atoms with E-state index in [0.717, 1.165) is 0 Å². The lowest BCUT2D eigenvalue weighted by atomic mass is 9.90. The van der Waals surface area contributed by atoms with E-state index in [2.05, 4.69) is 48.5 Å². The first-order chi connectivity index (χ1) is 10.6. The summed E-state index contributed by atoms with van der Waals surface area (Å²) in [4.78, 5) is 4.24. The maximum absolute atomic E-state index is 11.3. The molecule has 0 aliphatic heterocycles. The number of benzene rings is 1. The van der Waals surface area contributed by atoms with Crippen LogP contribution in [0.2, 0.25) is 0 Å². The standard InChI is InChI=1S/C17H29N3O2S.HI/c1-14(15-9-7-6-8-10-15)20-16(18-4)19-13-17(2,3)11-12-23(5,21)22;/h6-10,14H,11-13H2,1-5H3,(H2,18,19,20);1H. The minimum absolute atomic E-state index is 0. The molecule has 5 nitrogen and oxygen atoms in total. The number of halogens is 1. The highest BCUT2D eigenvalue weighted by molar-refractivity contribution is 14.0. The molecule has 0 saturated heterocycles. The van der Waals surface area contributed by atoms with Crippen LogP contribution in [0.4, 0.5) is 0 Å². The van der Waals surface area contributed by atoms with Crippen molar-refractivity contribution in [3.05, 3.63) is 35.9 Å². The molecule has 0 heterocycles. The summed E-state index contributed by atoms with van der Waals surface area (Å²) in [6.07, 6.45) is 1.89. The van der Waals surface area contributed by atoms with E-state index in [-0.39, 0.29) is 41.2 Å². The third-order valence-corrected chi connectivity index (χ3v) is 4.71. The average Bonchev–Trinajstić information content (AvgIpc) is 2.49. The second-order valence-corrected chi connectivity index (χ2v) is 9.01. The van der Waals surface area contributed by atoms with Gasteiger partial charge in [0.25, 0.3) is 0 Å². The van der Waals surface area contributed by atoms with Crippen molar-refractivity contribution in [3.8, 4) is 0 Å². The molecule has 0 bridgehead atoms. The van der Waals surface area contributed by atoms with Gasteiger partial charge in [-0.15, -0.1) is 24.0 Å². The molecule has 1 atom stereocenters. The normalized spacial score (nSPS) is 13.8. The fraction of sp³-hybridized carbons (Fsp3) is 0.588. The van der Waals surface area contributed by atoms with E-state index in [1.165, 1.54) is 11.8 Å². The molecule has 0 amide bonds. The van der Waals surface area contributed by atoms with Crippen molar-refractivity contribution in [3.63, 3.8) is 0 Å². The molecule has 0 aliphatic rings. The van der Waals surface area contributed by atoms with Crippen LogP contribution in [0.1, 0.15) is 38.8 Å². The Kier molecular flexibility index (Phi) is 9.87. The Morgan fingerprint density at radius 1 is 1.25 bits per heavy atom. The molecule has 1 rings (SSSR count). The Balaban J connectivity index is 0.00000529. The van der Waals surface area contributed by atoms with Gasteiger partial charge < -0.3 is 10.6 Å². The van der Waals surface area contributed by atoms with Gasteiger partial charge in [-0.1, -0.05) is 44.2 Å². The number of hydrogen-bond donors (Lipinski definition) is 2. The Morgan fingerprint density at radius 2 is 1.83 bits per heavy atom. The summed E-state index contributed by atoms with van der Waals surface area (Å²) < 4.78 is 22.6. The smallest absolute Gasteiger partial charge is 0.191 e. The lowest BCUT2D eigenvalue weighted by Crippen LogP contribution is -2.43. The number of hydrogen-bond acceptors (Lipinski definition) is 3. The third-order valence-electron chi connectivity index (χ3n) is 3.76. The highest BCUT2D eigenvalue weighted by atomic mass is 127. The van der Waals surface area contributed by atoms with Crippen LogP contribution in [0.15, 0.2) is 35.3 Å². The molecule has 1 aromatic carbocycles. The third kappa shape index (κ3) is 9.46. The number of nitrogens with zero attached hydrogens (tertiary/aromatic N) is 1. The first-order valence-electron chi connectivity index (χ1n) is 7.83. The first-order valence-corrected chi connectivity index (χ1v) is 9.89. The molecule has 24 heavy (non-hydrogen) atoms. The fourth-order valence-corrected chi connectivity index (χ4v) is 3.02. The van der Waals surface area contributed by atoms with Gasteiger partial charge in [-0.25, -0.2) is 8.42 Å². The van der Waals surface area contributed by atoms with Crippen molar-refractivity contribution in [2.75, 3.05) is 25.6 Å². The zero-order chi connectivity index (χ0) is 17.5. The summed E-state index contributed by atoms with van der Waals surface area (Å²) in [5, 5.41) is 6.64. The molecule has 1 aromatic rings. The van der Waals surface area contributed by atoms with E-state index >= 15 is 0 Å². The Morgan fingerprint density at radius 3 is 2.33 bits per heavy atom. The van der Waals surface area contributed by atoms with Crippen molar-refractivity contribution in [1.82, 2.24) is 10.6 Å². The predicted octanol–water partition coefficient (Wildman–Crippen LogP) is 2.99. The Hall–Kier alpha value is -0.830. The lowest BCUT2D eigenvalue weighted by molar-refractivity contribution is 0.348. The summed E-state index contributed by atoms with van der Waals surface area (Å²) >= 11 is 0. The summed E-state index contributed by atoms with van der Waals surface area (Å²) in [6.45, 7) is 6.85. The summed E-state index contributed by atoms with van der Waals surface area (Å²) in [6, 6.07) is 10.3. The van der Waals surface area contributed by atoms with Crippen LogP contribution in [0.3, 0.4) is 0 Å². The maximum atomic E-state index is 11.3. The monoisotopic (exact) mass is 467 g/mol. The second-order valence-electron chi connectivity index (χ2n) is 6.75. The largest absolute Gasteiger partial charge is 0.356 e. The molecule has 0 aliphatic carbocycles. The van der Waals surface area contributed by atoms with Gasteiger partial charge in [-0.3, -0.25) is 4.99 Å². The molecular weight excluding hydrogens is 437 g/mol. The van der Waals surface area contributed by atoms with Crippen LogP contribution < -0.4 is 10.6 Å². The van der Waals surface area contributed by atoms with E-state index in [1.54, 1.807) is 7.05 Å². The number of aliphatic imine (C=N–C) groups is 1. The molecule has 138 valence electrons. The van der Waals surface area contributed by atoms with Crippen molar-refractivity contribution in [1.29, 1.82) is 0 Å². The van der Waals surface area contributed by atoms with Crippen LogP contribution in [-0.2, 0) is 9.84 Å². The van der Waals surface area contributed by atoms with E-state index < -0.39 is 9.84 Å². The van der Waals surface area contributed by atoms with Crippen LogP contribution in [0.25, 0.3) is 0 Å². The van der Waals surface area contributed by atoms with Crippen LogP contribution in [0.5, 0.6) is 0 Å². The molecule has 0 aromatic heterocycles. The predicted molar refractivity (Wildman–Crippen MR) is 113 cm³/mol. The van der Waals surface area contributed by atoms with Gasteiger partial charge in [0, 0.05) is 19.8 Å². The van der Waals surface area contributed by atoms with Gasteiger partial charge in [0.05, 0.1) is 11.8 Å². The number of guanidine groups is 1. The van der Waals surface area contributed by atoms with Crippen LogP contribution in [-0.4, -0.2) is 40.0 Å². The van der Waals surface area contributed by atoms with Crippen LogP contribution in [0, 0.1) is 5.41 Å². The number of sulfone groups is 1. The van der Waals surface area contributed by atoms with Gasteiger partial charge in [0.15, 0.2) is 5.96 Å². The second kappa shape index (κ2) is 10.2. The van der Waals surface area contributed by atoms with E-state index in [9.17, 15) is 8.42 Å². The quantitative estimate of drug-likeness (QED) is 0.368. The molecule has 7 heteroatoms. The maximum Gasteiger partial charge on any atom is 0.191 e. The fourth-order valence-electron chi connectivity index (χ4n) is 2.10. The first kappa shape index (κ1) is 23.2. The van der Waals surface area contributed by atoms with Gasteiger partial charge in [-0.05, 0) is 24.3 Å². The lowest BCUT2D eigenvalue weighted by Gasteiger charge is -2.27. The summed E-state index contributed by atoms with van der Waals surface area (Å²) in [7, 11) is -1.20. The van der Waals surface area contributed by atoms with Crippen molar-refractivity contribution in [2.24, 2.45) is 10.4 Å². The van der Waals surface area contributed by atoms with Gasteiger partial charge >= 0.3 is 0 Å². The van der Waals surface area contributed by atoms with E-state index in [0.29, 0.717) is 18.9 Å². The average molecular weight is 467 g/mol. The topological polar surface area (TPSA) is 70.6 Å². The number of rotatable bonds is 7. The zero-order valence-electron chi connectivity index (χ0n) is 15.2. The Bertz CT molecular complexity index is 616.